The first-order valence-electron chi connectivity index (χ1n) is 11.6. The van der Waals surface area contributed by atoms with Gasteiger partial charge in [-0.15, -0.1) is 10.2 Å². The first-order valence-corrected chi connectivity index (χ1v) is 12.9. The highest BCUT2D eigenvalue weighted by molar-refractivity contribution is 7.99. The number of nitriles is 1. The molecule has 0 saturated heterocycles. The number of nitrogens with one attached hydrogen (secondary N) is 1. The molecule has 1 N–H and O–H groups in total. The Kier molecular flexibility index (Phi) is 7.69. The molecule has 0 aliphatic rings. The highest BCUT2D eigenvalue weighted by Crippen LogP contribution is 2.30. The highest BCUT2D eigenvalue weighted by atomic mass is 35.5. The lowest BCUT2D eigenvalue weighted by atomic mass is 10.2. The average Bonchev–Trinajstić information content (AvgIpc) is 3.37. The number of benzene rings is 4. The monoisotopic (exact) mass is 537 g/mol. The summed E-state index contributed by atoms with van der Waals surface area (Å²) in [6.45, 7) is 0. The number of amides is 1. The van der Waals surface area contributed by atoms with Crippen LogP contribution in [0.15, 0.2) is 108 Å². The molecule has 0 aliphatic heterocycles. The van der Waals surface area contributed by atoms with Crippen LogP contribution in [0.5, 0.6) is 11.5 Å². The zero-order valence-corrected chi connectivity index (χ0v) is 21.5. The van der Waals surface area contributed by atoms with Crippen LogP contribution in [0.25, 0.3) is 17.1 Å². The minimum Gasteiger partial charge on any atom is -0.457 e. The minimum absolute atomic E-state index is 0.0771. The predicted octanol–water partition coefficient (Wildman–Crippen LogP) is 6.98. The van der Waals surface area contributed by atoms with Crippen LogP contribution in [0.1, 0.15) is 5.56 Å². The van der Waals surface area contributed by atoms with Gasteiger partial charge in [0.25, 0.3) is 0 Å². The Balaban J connectivity index is 1.41. The van der Waals surface area contributed by atoms with Crippen molar-refractivity contribution in [3.05, 3.63) is 114 Å². The number of thioether (sulfide) groups is 1. The summed E-state index contributed by atoms with van der Waals surface area (Å²) < 4.78 is 7.81. The van der Waals surface area contributed by atoms with E-state index in [1.165, 1.54) is 11.8 Å². The number of nitrogens with zero attached hydrogens (tertiary/aromatic N) is 4. The van der Waals surface area contributed by atoms with Gasteiger partial charge in [-0.3, -0.25) is 9.36 Å². The van der Waals surface area contributed by atoms with Crippen molar-refractivity contribution in [2.24, 2.45) is 0 Å². The van der Waals surface area contributed by atoms with Crippen molar-refractivity contribution in [3.8, 4) is 34.6 Å². The Labute approximate surface area is 228 Å². The average molecular weight is 538 g/mol. The van der Waals surface area contributed by atoms with Crippen LogP contribution in [0, 0.1) is 11.3 Å². The van der Waals surface area contributed by atoms with Crippen LogP contribution in [-0.2, 0) is 4.79 Å². The highest BCUT2D eigenvalue weighted by Gasteiger charge is 2.18. The Morgan fingerprint density at radius 3 is 2.32 bits per heavy atom. The number of para-hydroxylation sites is 2. The van der Waals surface area contributed by atoms with E-state index >= 15 is 0 Å². The standard InChI is InChI=1S/C29H20ClN5O2S/c30-22-12-10-20(11-13-22)28-33-34-29(38-19-27(36)32-26-9-5-4-6-21(26)18-31)35(28)23-14-16-25(17-15-23)37-24-7-2-1-3-8-24/h1-17H,19H2,(H,32,36). The Morgan fingerprint density at radius 1 is 0.895 bits per heavy atom. The van der Waals surface area contributed by atoms with E-state index in [-0.39, 0.29) is 11.7 Å². The summed E-state index contributed by atoms with van der Waals surface area (Å²) >= 11 is 7.34. The quantitative estimate of drug-likeness (QED) is 0.215. The zero-order valence-electron chi connectivity index (χ0n) is 19.9. The van der Waals surface area contributed by atoms with E-state index in [9.17, 15) is 10.1 Å². The van der Waals surface area contributed by atoms with Crippen molar-refractivity contribution in [2.45, 2.75) is 5.16 Å². The van der Waals surface area contributed by atoms with Gasteiger partial charge < -0.3 is 10.1 Å². The molecule has 1 heterocycles. The molecule has 0 fully saturated rings. The molecular formula is C29H20ClN5O2S. The van der Waals surface area contributed by atoms with Gasteiger partial charge >= 0.3 is 0 Å². The van der Waals surface area contributed by atoms with E-state index in [0.717, 1.165) is 17.0 Å². The van der Waals surface area contributed by atoms with Gasteiger partial charge in [0.2, 0.25) is 5.91 Å². The Bertz CT molecular complexity index is 1600. The smallest absolute Gasteiger partial charge is 0.234 e. The summed E-state index contributed by atoms with van der Waals surface area (Å²) in [4.78, 5) is 12.7. The van der Waals surface area contributed by atoms with Crippen molar-refractivity contribution >= 4 is 35.0 Å². The molecule has 0 atom stereocenters. The fourth-order valence-corrected chi connectivity index (χ4v) is 4.55. The number of halogens is 1. The first-order chi connectivity index (χ1) is 18.6. The van der Waals surface area contributed by atoms with Crippen molar-refractivity contribution in [3.63, 3.8) is 0 Å². The van der Waals surface area contributed by atoms with Gasteiger partial charge in [0.05, 0.1) is 17.0 Å². The van der Waals surface area contributed by atoms with E-state index in [2.05, 4.69) is 21.6 Å². The van der Waals surface area contributed by atoms with Crippen molar-refractivity contribution < 1.29 is 9.53 Å². The van der Waals surface area contributed by atoms with E-state index in [1.54, 1.807) is 36.4 Å². The third-order valence-electron chi connectivity index (χ3n) is 5.46. The summed E-state index contributed by atoms with van der Waals surface area (Å²) in [5.74, 6) is 1.86. The van der Waals surface area contributed by atoms with Crippen LogP contribution in [0.2, 0.25) is 5.02 Å². The molecule has 1 amide bonds. The molecule has 38 heavy (non-hydrogen) atoms. The maximum absolute atomic E-state index is 12.7. The van der Waals surface area contributed by atoms with E-state index in [4.69, 9.17) is 16.3 Å². The number of rotatable bonds is 8. The lowest BCUT2D eigenvalue weighted by Gasteiger charge is -2.12. The molecule has 0 spiro atoms. The maximum Gasteiger partial charge on any atom is 0.234 e. The number of carbonyl (C=O) groups excluding carboxylic acids is 1. The predicted molar refractivity (Wildman–Crippen MR) is 149 cm³/mol. The molecule has 5 aromatic rings. The van der Waals surface area contributed by atoms with Gasteiger partial charge in [0.1, 0.15) is 17.6 Å². The fourth-order valence-electron chi connectivity index (χ4n) is 3.68. The second kappa shape index (κ2) is 11.6. The van der Waals surface area contributed by atoms with Crippen molar-refractivity contribution in [2.75, 3.05) is 11.1 Å². The molecule has 9 heteroatoms. The molecule has 0 radical (unpaired) electrons. The van der Waals surface area contributed by atoms with Crippen LogP contribution < -0.4 is 10.1 Å². The van der Waals surface area contributed by atoms with Crippen LogP contribution in [0.4, 0.5) is 5.69 Å². The topological polar surface area (TPSA) is 92.8 Å². The number of hydrogen-bond donors (Lipinski definition) is 1. The molecule has 0 aliphatic carbocycles. The second-order valence-corrected chi connectivity index (χ2v) is 9.43. The van der Waals surface area contributed by atoms with Crippen LogP contribution in [-0.4, -0.2) is 26.4 Å². The van der Waals surface area contributed by atoms with Gasteiger partial charge in [0.15, 0.2) is 11.0 Å². The van der Waals surface area contributed by atoms with E-state index in [0.29, 0.717) is 33.0 Å². The number of ether oxygens (including phenoxy) is 1. The van der Waals surface area contributed by atoms with Crippen molar-refractivity contribution in [1.29, 1.82) is 5.26 Å². The summed E-state index contributed by atoms with van der Waals surface area (Å²) in [5.41, 5.74) is 2.50. The van der Waals surface area contributed by atoms with Gasteiger partial charge in [-0.05, 0) is 72.8 Å². The Morgan fingerprint density at radius 2 is 1.58 bits per heavy atom. The third kappa shape index (κ3) is 5.86. The fraction of sp³-hybridized carbons (Fsp3) is 0.0345. The molecule has 0 unspecified atom stereocenters. The van der Waals surface area contributed by atoms with E-state index < -0.39 is 0 Å². The minimum atomic E-state index is -0.257. The number of hydrogen-bond acceptors (Lipinski definition) is 6. The molecule has 0 bridgehead atoms. The second-order valence-electron chi connectivity index (χ2n) is 8.05. The summed E-state index contributed by atoms with van der Waals surface area (Å²) in [5, 5.41) is 22.0. The molecule has 186 valence electrons. The molecule has 1 aromatic heterocycles. The van der Waals surface area contributed by atoms with Crippen LogP contribution >= 0.6 is 23.4 Å². The zero-order chi connectivity index (χ0) is 26.3. The maximum atomic E-state index is 12.7. The lowest BCUT2D eigenvalue weighted by molar-refractivity contribution is -0.113. The largest absolute Gasteiger partial charge is 0.457 e. The first kappa shape index (κ1) is 25.1. The summed E-state index contributed by atoms with van der Waals surface area (Å²) in [7, 11) is 0. The SMILES string of the molecule is N#Cc1ccccc1NC(=O)CSc1nnc(-c2ccc(Cl)cc2)n1-c1ccc(Oc2ccccc2)cc1. The summed E-state index contributed by atoms with van der Waals surface area (Å²) in [6, 6.07) is 33.4. The van der Waals surface area contributed by atoms with Crippen molar-refractivity contribution in [1.82, 2.24) is 14.8 Å². The summed E-state index contributed by atoms with van der Waals surface area (Å²) in [6.07, 6.45) is 0. The number of aromatic nitrogens is 3. The normalized spacial score (nSPS) is 10.5. The number of anilines is 1. The van der Waals surface area contributed by atoms with Crippen LogP contribution in [0.3, 0.4) is 0 Å². The molecule has 0 saturated carbocycles. The molecule has 4 aromatic carbocycles. The lowest BCUT2D eigenvalue weighted by Crippen LogP contribution is -2.15. The van der Waals surface area contributed by atoms with Gasteiger partial charge in [-0.2, -0.15) is 5.26 Å². The van der Waals surface area contributed by atoms with E-state index in [1.807, 2.05) is 71.3 Å². The molecule has 5 rings (SSSR count). The third-order valence-corrected chi connectivity index (χ3v) is 6.64. The molecular weight excluding hydrogens is 518 g/mol. The number of carbonyl (C=O) groups is 1. The van der Waals surface area contributed by atoms with Gasteiger partial charge in [-0.25, -0.2) is 0 Å². The Hall–Kier alpha value is -4.58. The van der Waals surface area contributed by atoms with Gasteiger partial charge in [-0.1, -0.05) is 53.7 Å². The molecule has 7 nitrogen and oxygen atoms in total. The van der Waals surface area contributed by atoms with Gasteiger partial charge in [0, 0.05) is 16.3 Å².